The average molecular weight is 525 g/mol. The molecule has 1 aliphatic carbocycles. The third-order valence-electron chi connectivity index (χ3n) is 5.67. The highest BCUT2D eigenvalue weighted by atomic mass is 31.1. The lowest BCUT2D eigenvalue weighted by molar-refractivity contribution is -0.169. The summed E-state index contributed by atoms with van der Waals surface area (Å²) in [6, 6.07) is 6.19. The second-order valence-electron chi connectivity index (χ2n) is 8.65. The van der Waals surface area contributed by atoms with E-state index in [1.807, 2.05) is 4.98 Å². The van der Waals surface area contributed by atoms with Crippen molar-refractivity contribution in [3.8, 4) is 11.5 Å². The van der Waals surface area contributed by atoms with Gasteiger partial charge in [0.05, 0.1) is 0 Å². The third-order valence-corrected chi connectivity index (χ3v) is 6.55. The highest BCUT2D eigenvalue weighted by molar-refractivity contribution is 7.34. The first-order valence-corrected chi connectivity index (χ1v) is 12.3. The average Bonchev–Trinajstić information content (AvgIpc) is 3.60. The van der Waals surface area contributed by atoms with Crippen molar-refractivity contribution >= 4 is 14.1 Å². The van der Waals surface area contributed by atoms with Gasteiger partial charge in [0.15, 0.2) is 23.7 Å². The first-order chi connectivity index (χ1) is 17.1. The summed E-state index contributed by atoms with van der Waals surface area (Å²) in [5.41, 5.74) is -3.95. The number of hydrogen-bond acceptors (Lipinski definition) is 10. The predicted molar refractivity (Wildman–Crippen MR) is 121 cm³/mol. The smallest absolute Gasteiger partial charge is 0.395 e. The molecule has 12 nitrogen and oxygen atoms in total. The zero-order valence-electron chi connectivity index (χ0n) is 19.4. The molecule has 2 aromatic rings. The summed E-state index contributed by atoms with van der Waals surface area (Å²) in [4.78, 5) is 49.7. The lowest BCUT2D eigenvalue weighted by atomic mass is 9.98. The van der Waals surface area contributed by atoms with Crippen LogP contribution in [0.5, 0.6) is 11.5 Å². The number of rotatable bonds is 9. The Kier molecular flexibility index (Phi) is 7.55. The van der Waals surface area contributed by atoms with E-state index >= 15 is 4.39 Å². The van der Waals surface area contributed by atoms with Crippen LogP contribution < -0.4 is 25.4 Å². The number of para-hydroxylation sites is 2. The number of hydrogen-bond donors (Lipinski definition) is 2. The van der Waals surface area contributed by atoms with E-state index in [4.69, 9.17) is 18.7 Å². The molecule has 1 aromatic carbocycles. The number of alkyl halides is 1. The van der Waals surface area contributed by atoms with Gasteiger partial charge in [0, 0.05) is 12.3 Å². The number of aromatic amines is 1. The van der Waals surface area contributed by atoms with Crippen molar-refractivity contribution in [3.05, 3.63) is 57.4 Å². The molecular formula is C22H25FN3O9P. The highest BCUT2D eigenvalue weighted by Crippen LogP contribution is 2.41. The molecule has 0 bridgehead atoms. The number of H-pyrrole nitrogens is 1. The molecule has 2 fully saturated rings. The van der Waals surface area contributed by atoms with Crippen LogP contribution >= 0.6 is 8.17 Å². The van der Waals surface area contributed by atoms with Crippen molar-refractivity contribution in [1.82, 2.24) is 9.55 Å². The van der Waals surface area contributed by atoms with Gasteiger partial charge in [-0.15, -0.1) is 0 Å². The van der Waals surface area contributed by atoms with Crippen molar-refractivity contribution in [2.24, 2.45) is 4.74 Å². The van der Waals surface area contributed by atoms with Gasteiger partial charge in [0.25, 0.3) is 5.56 Å². The van der Waals surface area contributed by atoms with Crippen LogP contribution in [0, 0.1) is 0 Å². The van der Waals surface area contributed by atoms with E-state index in [2.05, 4.69) is 4.74 Å². The van der Waals surface area contributed by atoms with E-state index in [1.165, 1.54) is 19.1 Å². The lowest BCUT2D eigenvalue weighted by Gasteiger charge is -2.24. The molecule has 194 valence electrons. The van der Waals surface area contributed by atoms with Crippen LogP contribution in [0.15, 0.2) is 50.9 Å². The molecule has 1 unspecified atom stereocenters. The van der Waals surface area contributed by atoms with Crippen LogP contribution in [0.1, 0.15) is 32.9 Å². The molecule has 6 atom stereocenters. The van der Waals surface area contributed by atoms with Crippen LogP contribution in [-0.2, 0) is 14.3 Å². The summed E-state index contributed by atoms with van der Waals surface area (Å²) in [6.07, 6.45) is -1.84. The maximum atomic E-state index is 15.3. The normalized spacial score (nSPS) is 26.9. The summed E-state index contributed by atoms with van der Waals surface area (Å²) in [5.74, 6) is -0.453. The van der Waals surface area contributed by atoms with E-state index in [0.717, 1.165) is 36.6 Å². The van der Waals surface area contributed by atoms with Crippen molar-refractivity contribution in [3.63, 3.8) is 0 Å². The van der Waals surface area contributed by atoms with Gasteiger partial charge in [-0.2, -0.15) is 0 Å². The van der Waals surface area contributed by atoms with Gasteiger partial charge < -0.3 is 24.2 Å². The molecule has 2 heterocycles. The number of aliphatic hydroxyl groups is 1. The number of nitrogens with zero attached hydrogens (tertiary/aromatic N) is 2. The summed E-state index contributed by atoms with van der Waals surface area (Å²) in [7, 11) is -2.65. The van der Waals surface area contributed by atoms with Gasteiger partial charge in [-0.3, -0.25) is 18.9 Å². The number of nitrogens with one attached hydrogen (secondary N) is 1. The molecule has 0 amide bonds. The van der Waals surface area contributed by atoms with Crippen LogP contribution in [-0.4, -0.2) is 57.3 Å². The number of halogens is 1. The monoisotopic (exact) mass is 525 g/mol. The number of aromatic nitrogens is 2. The van der Waals surface area contributed by atoms with Crippen molar-refractivity contribution in [1.29, 1.82) is 0 Å². The van der Waals surface area contributed by atoms with Crippen molar-refractivity contribution < 1.29 is 37.9 Å². The largest absolute Gasteiger partial charge is 0.575 e. The Morgan fingerprint density at radius 3 is 2.72 bits per heavy atom. The Bertz CT molecular complexity index is 1260. The van der Waals surface area contributed by atoms with Gasteiger partial charge in [-0.1, -0.05) is 16.9 Å². The summed E-state index contributed by atoms with van der Waals surface area (Å²) >= 11 is 0. The van der Waals surface area contributed by atoms with E-state index < -0.39 is 55.5 Å². The Hall–Kier alpha value is -3.12. The molecule has 4 rings (SSSR count). The molecule has 36 heavy (non-hydrogen) atoms. The molecule has 0 radical (unpaired) electrons. The SMILES string of the molecule is C[C@H](N=[P+]([O-])Oc1ccccc1OC[C@H]1O[C@@H](n2ccc(=O)[nH]c2=O)[C@](C)(F)[C@@H]1O)C(=O)OC1CC1. The second-order valence-corrected chi connectivity index (χ2v) is 9.54. The van der Waals surface area contributed by atoms with Gasteiger partial charge in [-0.05, 0) is 38.8 Å². The minimum atomic E-state index is -2.65. The van der Waals surface area contributed by atoms with Gasteiger partial charge in [0.2, 0.25) is 5.75 Å². The molecule has 1 saturated carbocycles. The van der Waals surface area contributed by atoms with Crippen LogP contribution in [0.3, 0.4) is 0 Å². The first-order valence-electron chi connectivity index (χ1n) is 11.2. The fourth-order valence-electron chi connectivity index (χ4n) is 3.52. The van der Waals surface area contributed by atoms with Gasteiger partial charge in [-0.25, -0.2) is 14.0 Å². The van der Waals surface area contributed by atoms with Crippen LogP contribution in [0.25, 0.3) is 0 Å². The van der Waals surface area contributed by atoms with Crippen LogP contribution in [0.2, 0.25) is 0 Å². The Balaban J connectivity index is 1.42. The standard InChI is InChI=1S/C22H25FN3O9P/c1-12(19(29)33-13-7-8-13)25-36(31)35-15-6-4-3-5-14(15)32-11-16-18(28)22(2,23)20(34-16)26-10-9-17(27)24-21(26)30/h3-6,9-10,12-13,16,18,20,28H,7-8,11H2,1-2H3,(H,24,27,30)/t12-,16+,18+,20+,22+/m0/s1. The van der Waals surface area contributed by atoms with E-state index in [-0.39, 0.29) is 24.2 Å². The van der Waals surface area contributed by atoms with Crippen molar-refractivity contribution in [2.45, 2.75) is 62.9 Å². The number of aliphatic hydroxyl groups excluding tert-OH is 1. The summed E-state index contributed by atoms with van der Waals surface area (Å²) in [5, 5.41) is 10.5. The number of carbonyl (C=O) groups excluding carboxylic acids is 1. The predicted octanol–water partition coefficient (Wildman–Crippen LogP) is 0.931. The third kappa shape index (κ3) is 5.81. The fourth-order valence-corrected chi connectivity index (χ4v) is 4.27. The lowest BCUT2D eigenvalue weighted by Crippen LogP contribution is -2.43. The quantitative estimate of drug-likeness (QED) is 0.358. The molecular weight excluding hydrogens is 500 g/mol. The molecule has 1 aromatic heterocycles. The molecule has 14 heteroatoms. The molecule has 2 aliphatic rings. The first kappa shape index (κ1) is 26.0. The summed E-state index contributed by atoms with van der Waals surface area (Å²) in [6.45, 7) is 2.16. The number of carbonyl (C=O) groups is 1. The highest BCUT2D eigenvalue weighted by Gasteiger charge is 2.55. The van der Waals surface area contributed by atoms with E-state index in [0.29, 0.717) is 0 Å². The number of benzene rings is 1. The Labute approximate surface area is 205 Å². The molecule has 1 saturated heterocycles. The minimum absolute atomic E-state index is 0.0361. The summed E-state index contributed by atoms with van der Waals surface area (Å²) < 4.78 is 41.7. The van der Waals surface area contributed by atoms with Crippen molar-refractivity contribution in [2.75, 3.05) is 6.61 Å². The number of ether oxygens (including phenoxy) is 3. The van der Waals surface area contributed by atoms with Gasteiger partial charge >= 0.3 is 19.8 Å². The Morgan fingerprint density at radius 2 is 2.06 bits per heavy atom. The Morgan fingerprint density at radius 1 is 1.36 bits per heavy atom. The fraction of sp³-hybridized carbons (Fsp3) is 0.500. The minimum Gasteiger partial charge on any atom is -0.575 e. The molecule has 0 spiro atoms. The van der Waals surface area contributed by atoms with E-state index in [1.54, 1.807) is 12.1 Å². The van der Waals surface area contributed by atoms with E-state index in [9.17, 15) is 24.4 Å². The number of esters is 1. The maximum Gasteiger partial charge on any atom is 0.395 e. The maximum absolute atomic E-state index is 15.3. The molecule has 1 aliphatic heterocycles. The molecule has 2 N–H and O–H groups in total. The topological polar surface area (TPSA) is 164 Å². The zero-order chi connectivity index (χ0) is 26.0. The zero-order valence-corrected chi connectivity index (χ0v) is 20.3. The second kappa shape index (κ2) is 10.5. The van der Waals surface area contributed by atoms with Gasteiger partial charge in [0.1, 0.15) is 24.9 Å². The van der Waals surface area contributed by atoms with Crippen LogP contribution in [0.4, 0.5) is 4.39 Å².